The van der Waals surface area contributed by atoms with E-state index in [9.17, 15) is 14.4 Å². The number of amides is 3. The molecule has 1 aliphatic rings. The van der Waals surface area contributed by atoms with E-state index in [1.54, 1.807) is 6.92 Å². The number of carbonyl (C=O) groups is 3. The van der Waals surface area contributed by atoms with Crippen molar-refractivity contribution in [2.45, 2.75) is 36.5 Å². The topological polar surface area (TPSA) is 87.3 Å². The summed E-state index contributed by atoms with van der Waals surface area (Å²) in [5.41, 5.74) is 0.768. The fourth-order valence-corrected chi connectivity index (χ4v) is 3.20. The van der Waals surface area contributed by atoms with Gasteiger partial charge >= 0.3 is 0 Å². The lowest BCUT2D eigenvalue weighted by atomic mass is 10.2. The fourth-order valence-electron chi connectivity index (χ4n) is 2.09. The maximum absolute atomic E-state index is 12.0. The first-order chi connectivity index (χ1) is 10.5. The fraction of sp³-hybridized carbons (Fsp3) is 0.400. The van der Waals surface area contributed by atoms with Crippen LogP contribution in [0.1, 0.15) is 20.3 Å². The highest BCUT2D eigenvalue weighted by Crippen LogP contribution is 2.36. The summed E-state index contributed by atoms with van der Waals surface area (Å²) >= 11 is 1.37. The van der Waals surface area contributed by atoms with Crippen LogP contribution >= 0.6 is 11.8 Å². The number of carbonyl (C=O) groups excluding carboxylic acids is 3. The first kappa shape index (κ1) is 16.4. The summed E-state index contributed by atoms with van der Waals surface area (Å²) in [5, 5.41) is 7.55. The number of nitrogens with one attached hydrogen (secondary N) is 3. The molecule has 7 heteroatoms. The second-order valence-corrected chi connectivity index (χ2v) is 6.22. The normalized spacial score (nSPS) is 17.9. The van der Waals surface area contributed by atoms with Crippen molar-refractivity contribution in [1.29, 1.82) is 0 Å². The van der Waals surface area contributed by atoms with Gasteiger partial charge in [-0.25, -0.2) is 0 Å². The van der Waals surface area contributed by atoms with Crippen molar-refractivity contribution in [2.75, 3.05) is 11.9 Å². The molecule has 118 valence electrons. The Morgan fingerprint density at radius 1 is 1.36 bits per heavy atom. The maximum atomic E-state index is 12.0. The molecule has 1 aromatic rings. The second-order valence-electron chi connectivity index (χ2n) is 4.98. The molecular weight excluding hydrogens is 302 g/mol. The summed E-state index contributed by atoms with van der Waals surface area (Å²) in [5.74, 6) is -0.739. The number of fused-ring (bicyclic) bond motifs is 1. The van der Waals surface area contributed by atoms with Crippen LogP contribution in [0.25, 0.3) is 0 Å². The van der Waals surface area contributed by atoms with Crippen LogP contribution in [0.5, 0.6) is 0 Å². The standard InChI is InChI=1S/C15H19N3O3S/c1-3-16-14(20)9(2)17-13(19)8-12-15(21)18-10-6-4-5-7-11(10)22-12/h4-7,9,12H,3,8H2,1-2H3,(H,16,20)(H,17,19)(H,18,21)/t9-,12+/m1/s1. The number of likely N-dealkylation sites (N-methyl/N-ethyl adjacent to an activating group) is 1. The molecule has 0 aromatic heterocycles. The van der Waals surface area contributed by atoms with Gasteiger partial charge in [-0.1, -0.05) is 12.1 Å². The monoisotopic (exact) mass is 321 g/mol. The molecule has 0 aliphatic carbocycles. The molecule has 0 saturated heterocycles. The van der Waals surface area contributed by atoms with Crippen molar-refractivity contribution in [1.82, 2.24) is 10.6 Å². The molecule has 2 rings (SSSR count). The number of thioether (sulfide) groups is 1. The van der Waals surface area contributed by atoms with E-state index in [-0.39, 0.29) is 24.1 Å². The largest absolute Gasteiger partial charge is 0.355 e. The van der Waals surface area contributed by atoms with Gasteiger partial charge < -0.3 is 16.0 Å². The van der Waals surface area contributed by atoms with Crippen molar-refractivity contribution in [2.24, 2.45) is 0 Å². The van der Waals surface area contributed by atoms with Crippen molar-refractivity contribution in [3.8, 4) is 0 Å². The first-order valence-corrected chi connectivity index (χ1v) is 8.03. The summed E-state index contributed by atoms with van der Waals surface area (Å²) < 4.78 is 0. The maximum Gasteiger partial charge on any atom is 0.242 e. The molecule has 0 spiro atoms. The van der Waals surface area contributed by atoms with Gasteiger partial charge in [0.15, 0.2) is 0 Å². The van der Waals surface area contributed by atoms with Crippen LogP contribution < -0.4 is 16.0 Å². The molecule has 1 aromatic carbocycles. The van der Waals surface area contributed by atoms with Gasteiger partial charge in [-0.15, -0.1) is 11.8 Å². The highest BCUT2D eigenvalue weighted by Gasteiger charge is 2.29. The predicted octanol–water partition coefficient (Wildman–Crippen LogP) is 1.13. The first-order valence-electron chi connectivity index (χ1n) is 7.15. The third-order valence-corrected chi connectivity index (χ3v) is 4.47. The number of hydrogen-bond acceptors (Lipinski definition) is 4. The van der Waals surface area contributed by atoms with Gasteiger partial charge in [0.05, 0.1) is 10.9 Å². The molecule has 1 heterocycles. The third kappa shape index (κ3) is 4.00. The van der Waals surface area contributed by atoms with E-state index in [2.05, 4.69) is 16.0 Å². The average molecular weight is 321 g/mol. The van der Waals surface area contributed by atoms with Crippen molar-refractivity contribution in [3.63, 3.8) is 0 Å². The molecule has 1 aliphatic heterocycles. The molecule has 22 heavy (non-hydrogen) atoms. The number of anilines is 1. The predicted molar refractivity (Wildman–Crippen MR) is 85.6 cm³/mol. The van der Waals surface area contributed by atoms with E-state index in [0.29, 0.717) is 6.54 Å². The van der Waals surface area contributed by atoms with E-state index >= 15 is 0 Å². The molecule has 6 nitrogen and oxygen atoms in total. The smallest absolute Gasteiger partial charge is 0.242 e. The Balaban J connectivity index is 1.92. The van der Waals surface area contributed by atoms with Crippen LogP contribution in [-0.4, -0.2) is 35.6 Å². The minimum Gasteiger partial charge on any atom is -0.355 e. The highest BCUT2D eigenvalue weighted by molar-refractivity contribution is 8.01. The van der Waals surface area contributed by atoms with Gasteiger partial charge in [0.1, 0.15) is 6.04 Å². The van der Waals surface area contributed by atoms with Crippen molar-refractivity contribution in [3.05, 3.63) is 24.3 Å². The summed E-state index contributed by atoms with van der Waals surface area (Å²) in [6.07, 6.45) is 0.0363. The van der Waals surface area contributed by atoms with E-state index in [1.165, 1.54) is 11.8 Å². The summed E-state index contributed by atoms with van der Waals surface area (Å²) in [6, 6.07) is 6.85. The van der Waals surface area contributed by atoms with E-state index < -0.39 is 11.3 Å². The quantitative estimate of drug-likeness (QED) is 0.759. The number of para-hydroxylation sites is 1. The van der Waals surface area contributed by atoms with E-state index in [0.717, 1.165) is 10.6 Å². The van der Waals surface area contributed by atoms with Crippen molar-refractivity contribution < 1.29 is 14.4 Å². The number of hydrogen-bond donors (Lipinski definition) is 3. The van der Waals surface area contributed by atoms with Gasteiger partial charge in [0, 0.05) is 17.9 Å². The molecular formula is C15H19N3O3S. The Bertz CT molecular complexity index is 591. The van der Waals surface area contributed by atoms with Gasteiger partial charge in [0.25, 0.3) is 0 Å². The van der Waals surface area contributed by atoms with E-state index in [4.69, 9.17) is 0 Å². The Morgan fingerprint density at radius 3 is 2.82 bits per heavy atom. The second kappa shape index (κ2) is 7.31. The number of benzene rings is 1. The Kier molecular flexibility index (Phi) is 5.43. The zero-order valence-corrected chi connectivity index (χ0v) is 13.3. The van der Waals surface area contributed by atoms with Crippen LogP contribution in [-0.2, 0) is 14.4 Å². The van der Waals surface area contributed by atoms with Crippen LogP contribution in [0, 0.1) is 0 Å². The van der Waals surface area contributed by atoms with Crippen molar-refractivity contribution >= 4 is 35.2 Å². The molecule has 3 N–H and O–H groups in total. The lowest BCUT2D eigenvalue weighted by Gasteiger charge is -2.24. The molecule has 0 radical (unpaired) electrons. The zero-order valence-electron chi connectivity index (χ0n) is 12.5. The molecule has 0 saturated carbocycles. The Hall–Kier alpha value is -2.02. The average Bonchev–Trinajstić information content (AvgIpc) is 2.48. The molecule has 0 unspecified atom stereocenters. The van der Waals surface area contributed by atoms with Gasteiger partial charge in [-0.2, -0.15) is 0 Å². The molecule has 2 atom stereocenters. The number of rotatable bonds is 5. The SMILES string of the molecule is CCNC(=O)[C@@H](C)NC(=O)C[C@@H]1Sc2ccccc2NC1=O. The summed E-state index contributed by atoms with van der Waals surface area (Å²) in [7, 11) is 0. The minimum atomic E-state index is -0.614. The lowest BCUT2D eigenvalue weighted by Crippen LogP contribution is -2.46. The zero-order chi connectivity index (χ0) is 16.1. The molecule has 0 fully saturated rings. The molecule has 3 amide bonds. The van der Waals surface area contributed by atoms with Crippen LogP contribution in [0.2, 0.25) is 0 Å². The van der Waals surface area contributed by atoms with Crippen LogP contribution in [0.15, 0.2) is 29.2 Å². The van der Waals surface area contributed by atoms with Crippen LogP contribution in [0.4, 0.5) is 5.69 Å². The third-order valence-electron chi connectivity index (χ3n) is 3.20. The summed E-state index contributed by atoms with van der Waals surface area (Å²) in [6.45, 7) is 3.94. The highest BCUT2D eigenvalue weighted by atomic mass is 32.2. The van der Waals surface area contributed by atoms with Gasteiger partial charge in [-0.3, -0.25) is 14.4 Å². The summed E-state index contributed by atoms with van der Waals surface area (Å²) in [4.78, 5) is 36.6. The van der Waals surface area contributed by atoms with E-state index in [1.807, 2.05) is 31.2 Å². The Labute approximate surface area is 133 Å². The lowest BCUT2D eigenvalue weighted by molar-refractivity contribution is -0.129. The molecule has 0 bridgehead atoms. The minimum absolute atomic E-state index is 0.0363. The van der Waals surface area contributed by atoms with Gasteiger partial charge in [-0.05, 0) is 26.0 Å². The van der Waals surface area contributed by atoms with Gasteiger partial charge in [0.2, 0.25) is 17.7 Å². The Morgan fingerprint density at radius 2 is 2.09 bits per heavy atom. The van der Waals surface area contributed by atoms with Crippen LogP contribution in [0.3, 0.4) is 0 Å².